The molecule has 1 heterocycles. The number of carbonyl (C=O) groups excluding carboxylic acids is 1. The molecule has 0 aromatic heterocycles. The Labute approximate surface area is 205 Å². The highest BCUT2D eigenvalue weighted by Gasteiger charge is 2.31. The number of amides is 1. The third kappa shape index (κ3) is 5.76. The summed E-state index contributed by atoms with van der Waals surface area (Å²) in [6, 6.07) is 18.4. The Kier molecular flexibility index (Phi) is 7.59. The molecule has 3 atom stereocenters. The van der Waals surface area contributed by atoms with E-state index in [0.717, 1.165) is 34.2 Å². The quantitative estimate of drug-likeness (QED) is 0.422. The fourth-order valence-corrected chi connectivity index (χ4v) is 4.45. The monoisotopic (exact) mass is 476 g/mol. The Morgan fingerprint density at radius 3 is 2.03 bits per heavy atom. The number of carbonyl (C=O) groups is 1. The van der Waals surface area contributed by atoms with E-state index in [1.54, 1.807) is 24.3 Å². The van der Waals surface area contributed by atoms with Gasteiger partial charge in [-0.2, -0.15) is 0 Å². The Morgan fingerprint density at radius 2 is 1.54 bits per heavy atom. The zero-order chi connectivity index (χ0) is 24.9. The van der Waals surface area contributed by atoms with E-state index in [-0.39, 0.29) is 35.5 Å². The Hall–Kier alpha value is -3.54. The minimum absolute atomic E-state index is 0.120. The predicted molar refractivity (Wildman–Crippen MR) is 135 cm³/mol. The van der Waals surface area contributed by atoms with Crippen LogP contribution in [0.2, 0.25) is 0 Å². The smallest absolute Gasteiger partial charge is 0.217 e. The molecule has 0 fully saturated rings. The summed E-state index contributed by atoms with van der Waals surface area (Å²) in [5.74, 6) is 0.0279. The van der Waals surface area contributed by atoms with Gasteiger partial charge in [-0.25, -0.2) is 13.8 Å². The second-order valence-corrected chi connectivity index (χ2v) is 9.05. The number of benzene rings is 3. The first kappa shape index (κ1) is 24.6. The van der Waals surface area contributed by atoms with Gasteiger partial charge in [0.1, 0.15) is 24.3 Å². The first-order chi connectivity index (χ1) is 16.9. The van der Waals surface area contributed by atoms with Crippen LogP contribution in [-0.4, -0.2) is 30.5 Å². The van der Waals surface area contributed by atoms with Gasteiger partial charge in [-0.05, 0) is 64.4 Å². The lowest BCUT2D eigenvalue weighted by Gasteiger charge is -2.22. The van der Waals surface area contributed by atoms with E-state index in [9.17, 15) is 13.6 Å². The van der Waals surface area contributed by atoms with E-state index >= 15 is 0 Å². The molecule has 0 unspecified atom stereocenters. The van der Waals surface area contributed by atoms with Gasteiger partial charge in [0.25, 0.3) is 0 Å². The van der Waals surface area contributed by atoms with Crippen LogP contribution in [-0.2, 0) is 16.0 Å². The molecule has 0 saturated heterocycles. The van der Waals surface area contributed by atoms with Gasteiger partial charge in [-0.15, -0.1) is 0 Å². The van der Waals surface area contributed by atoms with Crippen molar-refractivity contribution in [2.75, 3.05) is 6.61 Å². The Bertz CT molecular complexity index is 1140. The van der Waals surface area contributed by atoms with Gasteiger partial charge in [0, 0.05) is 6.92 Å². The average Bonchev–Trinajstić information content (AvgIpc) is 3.31. The van der Waals surface area contributed by atoms with E-state index in [0.29, 0.717) is 18.9 Å². The summed E-state index contributed by atoms with van der Waals surface area (Å²) in [6.07, 6.45) is 1.46. The molecule has 35 heavy (non-hydrogen) atoms. The first-order valence-corrected chi connectivity index (χ1v) is 12.0. The lowest BCUT2D eigenvalue weighted by atomic mass is 9.88. The topological polar surface area (TPSA) is 50.7 Å². The molecule has 6 heteroatoms. The molecule has 1 aliphatic rings. The third-order valence-electron chi connectivity index (χ3n) is 6.50. The molecule has 0 bridgehead atoms. The molecular formula is C29H30F2N2O2. The van der Waals surface area contributed by atoms with Crippen molar-refractivity contribution in [3.63, 3.8) is 0 Å². The molecule has 1 N–H and O–H groups in total. The molecule has 4 nitrogen and oxygen atoms in total. The first-order valence-electron chi connectivity index (χ1n) is 12.0. The zero-order valence-electron chi connectivity index (χ0n) is 20.2. The van der Waals surface area contributed by atoms with Crippen LogP contribution in [0.5, 0.6) is 0 Å². The largest absolute Gasteiger partial charge is 0.477 e. The molecule has 3 aromatic rings. The van der Waals surface area contributed by atoms with Gasteiger partial charge >= 0.3 is 0 Å². The molecule has 0 spiro atoms. The van der Waals surface area contributed by atoms with E-state index in [1.165, 1.54) is 31.2 Å². The summed E-state index contributed by atoms with van der Waals surface area (Å²) in [5, 5.41) is 2.98. The molecule has 0 aliphatic carbocycles. The number of nitrogens with one attached hydrogen (secondary N) is 1. The molecule has 3 aromatic carbocycles. The molecule has 182 valence electrons. The van der Waals surface area contributed by atoms with E-state index in [4.69, 9.17) is 9.73 Å². The van der Waals surface area contributed by atoms with Gasteiger partial charge in [0.15, 0.2) is 0 Å². The van der Waals surface area contributed by atoms with Gasteiger partial charge < -0.3 is 10.1 Å². The normalized spacial score (nSPS) is 16.8. The maximum absolute atomic E-state index is 13.6. The minimum atomic E-state index is -0.294. The number of aliphatic imine (C=N–C) groups is 1. The summed E-state index contributed by atoms with van der Waals surface area (Å²) in [6.45, 7) is 6.04. The fourth-order valence-electron chi connectivity index (χ4n) is 4.45. The number of halogens is 2. The van der Waals surface area contributed by atoms with Crippen molar-refractivity contribution in [3.05, 3.63) is 83.9 Å². The van der Waals surface area contributed by atoms with E-state index in [1.807, 2.05) is 18.2 Å². The lowest BCUT2D eigenvalue weighted by Crippen LogP contribution is -2.44. The molecule has 1 aliphatic heterocycles. The summed E-state index contributed by atoms with van der Waals surface area (Å²) < 4.78 is 33.2. The van der Waals surface area contributed by atoms with Crippen molar-refractivity contribution in [1.82, 2.24) is 5.32 Å². The predicted octanol–water partition coefficient (Wildman–Crippen LogP) is 6.19. The van der Waals surface area contributed by atoms with Gasteiger partial charge in [-0.3, -0.25) is 4.79 Å². The molecule has 1 amide bonds. The maximum Gasteiger partial charge on any atom is 0.217 e. The van der Waals surface area contributed by atoms with Crippen LogP contribution in [0.15, 0.2) is 71.7 Å². The number of hydrogen-bond acceptors (Lipinski definition) is 3. The maximum atomic E-state index is 13.6. The van der Waals surface area contributed by atoms with Crippen molar-refractivity contribution in [2.45, 2.75) is 45.7 Å². The highest BCUT2D eigenvalue weighted by Crippen LogP contribution is 2.35. The van der Waals surface area contributed by atoms with Crippen molar-refractivity contribution in [1.29, 1.82) is 0 Å². The van der Waals surface area contributed by atoms with Crippen molar-refractivity contribution >= 4 is 11.8 Å². The van der Waals surface area contributed by atoms with E-state index in [2.05, 4.69) is 19.2 Å². The standard InChI is InChI=1S/C29H30F2N2O2/c1-4-18(2)28(32-19(3)34)29-33-24(17-35-29)16-27-25(20-8-12-22(30)13-9-20)6-5-7-26(27)21-10-14-23(31)15-11-21/h5-15,18,24,28H,4,16-17H2,1-3H3,(H,32,34)/t18-,24-,28-/m0/s1. The SMILES string of the molecule is CC[C@H](C)[C@H](NC(C)=O)C1=N[C@@H](Cc2c(-c3ccc(F)cc3)cccc2-c2ccc(F)cc2)CO1. The molecule has 4 rings (SSSR count). The summed E-state index contributed by atoms with van der Waals surface area (Å²) in [5.41, 5.74) is 4.75. The fraction of sp³-hybridized carbons (Fsp3) is 0.310. The number of hydrogen-bond donors (Lipinski definition) is 1. The van der Waals surface area contributed by atoms with Crippen molar-refractivity contribution < 1.29 is 18.3 Å². The second kappa shape index (κ2) is 10.8. The Morgan fingerprint density at radius 1 is 1.00 bits per heavy atom. The number of nitrogens with zero attached hydrogens (tertiary/aromatic N) is 1. The van der Waals surface area contributed by atoms with Crippen LogP contribution in [0.25, 0.3) is 22.3 Å². The third-order valence-corrected chi connectivity index (χ3v) is 6.50. The van der Waals surface area contributed by atoms with Gasteiger partial charge in [0.2, 0.25) is 11.8 Å². The zero-order valence-corrected chi connectivity index (χ0v) is 20.2. The Balaban J connectivity index is 1.73. The lowest BCUT2D eigenvalue weighted by molar-refractivity contribution is -0.119. The van der Waals surface area contributed by atoms with Crippen LogP contribution >= 0.6 is 0 Å². The second-order valence-electron chi connectivity index (χ2n) is 9.05. The summed E-state index contributed by atoms with van der Waals surface area (Å²) >= 11 is 0. The highest BCUT2D eigenvalue weighted by atomic mass is 19.1. The van der Waals surface area contributed by atoms with Gasteiger partial charge in [0.05, 0.1) is 6.04 Å². The van der Waals surface area contributed by atoms with Crippen LogP contribution < -0.4 is 5.32 Å². The van der Waals surface area contributed by atoms with Crippen LogP contribution in [0.4, 0.5) is 8.78 Å². The van der Waals surface area contributed by atoms with Crippen LogP contribution in [0, 0.1) is 17.6 Å². The average molecular weight is 477 g/mol. The van der Waals surface area contributed by atoms with Crippen molar-refractivity contribution in [3.8, 4) is 22.3 Å². The molecular weight excluding hydrogens is 446 g/mol. The van der Waals surface area contributed by atoms with Crippen LogP contribution in [0.3, 0.4) is 0 Å². The molecule has 0 saturated carbocycles. The highest BCUT2D eigenvalue weighted by molar-refractivity contribution is 5.88. The van der Waals surface area contributed by atoms with Crippen molar-refractivity contribution in [2.24, 2.45) is 10.9 Å². The molecule has 0 radical (unpaired) electrons. The number of rotatable bonds is 8. The van der Waals surface area contributed by atoms with Crippen LogP contribution in [0.1, 0.15) is 32.8 Å². The summed E-state index contributed by atoms with van der Waals surface area (Å²) in [4.78, 5) is 16.6. The summed E-state index contributed by atoms with van der Waals surface area (Å²) in [7, 11) is 0. The minimum Gasteiger partial charge on any atom is -0.477 e. The van der Waals surface area contributed by atoms with E-state index < -0.39 is 0 Å². The van der Waals surface area contributed by atoms with Gasteiger partial charge in [-0.1, -0.05) is 62.7 Å². The number of ether oxygens (including phenoxy) is 1.